The van der Waals surface area contributed by atoms with E-state index in [0.717, 1.165) is 18.4 Å². The highest BCUT2D eigenvalue weighted by Gasteiger charge is 2.44. The van der Waals surface area contributed by atoms with E-state index in [1.807, 2.05) is 0 Å². The summed E-state index contributed by atoms with van der Waals surface area (Å²) < 4.78 is 6.58. The first-order valence-electron chi connectivity index (χ1n) is 10.9. The van der Waals surface area contributed by atoms with Crippen LogP contribution in [0.25, 0.3) is 0 Å². The molecule has 0 spiro atoms. The summed E-state index contributed by atoms with van der Waals surface area (Å²) in [5, 5.41) is 0. The molecule has 1 aliphatic rings. The highest BCUT2D eigenvalue weighted by Crippen LogP contribution is 2.51. The molecular weight excluding hydrogens is 328 g/mol. The summed E-state index contributed by atoms with van der Waals surface area (Å²) in [6.45, 7) is 24.1. The van der Waals surface area contributed by atoms with E-state index in [4.69, 9.17) is 4.74 Å². The Hall–Kier alpha value is -0.820. The monoisotopic (exact) mass is 372 g/mol. The summed E-state index contributed by atoms with van der Waals surface area (Å²) in [7, 11) is 0. The van der Waals surface area contributed by atoms with Crippen LogP contribution in [0.2, 0.25) is 0 Å². The second kappa shape index (κ2) is 7.54. The molecule has 0 aliphatic heterocycles. The van der Waals surface area contributed by atoms with Crippen LogP contribution in [-0.2, 0) is 15.8 Å². The van der Waals surface area contributed by atoms with Gasteiger partial charge < -0.3 is 4.74 Å². The third kappa shape index (κ3) is 5.37. The summed E-state index contributed by atoms with van der Waals surface area (Å²) >= 11 is 0. The molecule has 1 fully saturated rings. The zero-order valence-electron chi connectivity index (χ0n) is 19.7. The van der Waals surface area contributed by atoms with Gasteiger partial charge in [0.25, 0.3) is 0 Å². The lowest BCUT2D eigenvalue weighted by atomic mass is 9.65. The van der Waals surface area contributed by atoms with E-state index in [9.17, 15) is 0 Å². The molecule has 154 valence electrons. The minimum Gasteiger partial charge on any atom is -0.370 e. The van der Waals surface area contributed by atoms with Gasteiger partial charge in [-0.2, -0.15) is 0 Å². The Kier molecular flexibility index (Phi) is 6.28. The predicted octanol–water partition coefficient (Wildman–Crippen LogP) is 7.72. The lowest BCUT2D eigenvalue weighted by Gasteiger charge is -2.43. The first-order chi connectivity index (χ1) is 12.1. The fraction of sp³-hybridized carbons (Fsp3) is 0.769. The van der Waals surface area contributed by atoms with Gasteiger partial charge in [0, 0.05) is 0 Å². The van der Waals surface area contributed by atoms with Gasteiger partial charge in [-0.05, 0) is 65.9 Å². The molecule has 0 aromatic heterocycles. The van der Waals surface area contributed by atoms with Crippen molar-refractivity contribution in [1.82, 2.24) is 0 Å². The maximum atomic E-state index is 6.58. The molecule has 0 radical (unpaired) electrons. The van der Waals surface area contributed by atoms with Gasteiger partial charge in [-0.15, -0.1) is 0 Å². The first-order valence-corrected chi connectivity index (χ1v) is 10.9. The Bertz CT molecular complexity index is 607. The highest BCUT2D eigenvalue weighted by molar-refractivity contribution is 5.30. The Morgan fingerprint density at radius 2 is 1.22 bits per heavy atom. The fourth-order valence-corrected chi connectivity index (χ4v) is 4.86. The molecule has 0 N–H and O–H groups in total. The first kappa shape index (κ1) is 22.5. The predicted molar refractivity (Wildman–Crippen MR) is 118 cm³/mol. The summed E-state index contributed by atoms with van der Waals surface area (Å²) in [5.74, 6) is 1.54. The van der Waals surface area contributed by atoms with Crippen LogP contribution in [0.4, 0.5) is 0 Å². The summed E-state index contributed by atoms with van der Waals surface area (Å²) in [4.78, 5) is 0. The van der Waals surface area contributed by atoms with Crippen molar-refractivity contribution in [2.75, 3.05) is 6.61 Å². The van der Waals surface area contributed by atoms with E-state index in [1.54, 1.807) is 0 Å². The largest absolute Gasteiger partial charge is 0.370 e. The normalized spacial score (nSPS) is 22.3. The Labute approximate surface area is 169 Å². The molecule has 1 aromatic carbocycles. The molecule has 1 heteroatoms. The quantitative estimate of drug-likeness (QED) is 0.514. The van der Waals surface area contributed by atoms with Crippen LogP contribution < -0.4 is 0 Å². The molecule has 2 rings (SSSR count). The summed E-state index contributed by atoms with van der Waals surface area (Å²) in [6.07, 6.45) is 4.09. The van der Waals surface area contributed by atoms with Crippen molar-refractivity contribution in [2.45, 2.75) is 99.5 Å². The molecule has 1 aromatic rings. The lowest BCUT2D eigenvalue weighted by Crippen LogP contribution is -2.39. The Balaban J connectivity index is 2.09. The SMILES string of the molecule is CC(C)(C)c1ccc(C(C)(C)OCC(C)(C)C2CCCC2C(C)(C)C)cc1. The maximum Gasteiger partial charge on any atom is 0.0875 e. The maximum absolute atomic E-state index is 6.58. The van der Waals surface area contributed by atoms with E-state index in [-0.39, 0.29) is 16.4 Å². The number of hydrogen-bond acceptors (Lipinski definition) is 1. The van der Waals surface area contributed by atoms with Gasteiger partial charge in [0.1, 0.15) is 0 Å². The van der Waals surface area contributed by atoms with Crippen molar-refractivity contribution >= 4 is 0 Å². The topological polar surface area (TPSA) is 9.23 Å². The molecule has 0 saturated heterocycles. The van der Waals surface area contributed by atoms with Gasteiger partial charge in [-0.25, -0.2) is 0 Å². The van der Waals surface area contributed by atoms with Gasteiger partial charge in [0.15, 0.2) is 0 Å². The van der Waals surface area contributed by atoms with Gasteiger partial charge >= 0.3 is 0 Å². The van der Waals surface area contributed by atoms with Crippen molar-refractivity contribution in [3.05, 3.63) is 35.4 Å². The number of benzene rings is 1. The van der Waals surface area contributed by atoms with E-state index in [2.05, 4.69) is 93.5 Å². The molecule has 1 aliphatic carbocycles. The third-order valence-electron chi connectivity index (χ3n) is 6.88. The fourth-order valence-electron chi connectivity index (χ4n) is 4.86. The molecule has 2 atom stereocenters. The second-order valence-corrected chi connectivity index (χ2v) is 12.1. The average molecular weight is 373 g/mol. The molecule has 2 unspecified atom stereocenters. The van der Waals surface area contributed by atoms with Crippen LogP contribution in [-0.4, -0.2) is 6.61 Å². The van der Waals surface area contributed by atoms with Gasteiger partial charge in [-0.3, -0.25) is 0 Å². The van der Waals surface area contributed by atoms with Crippen molar-refractivity contribution in [3.8, 4) is 0 Å². The van der Waals surface area contributed by atoms with Crippen LogP contribution in [0.1, 0.15) is 99.6 Å². The second-order valence-electron chi connectivity index (χ2n) is 12.1. The van der Waals surface area contributed by atoms with Crippen molar-refractivity contribution in [1.29, 1.82) is 0 Å². The van der Waals surface area contributed by atoms with Crippen LogP contribution in [0.3, 0.4) is 0 Å². The zero-order valence-corrected chi connectivity index (χ0v) is 19.7. The van der Waals surface area contributed by atoms with E-state index in [0.29, 0.717) is 5.41 Å². The molecule has 0 heterocycles. The number of hydrogen-bond donors (Lipinski definition) is 0. The van der Waals surface area contributed by atoms with E-state index in [1.165, 1.54) is 30.4 Å². The van der Waals surface area contributed by atoms with E-state index < -0.39 is 0 Å². The number of rotatable bonds is 5. The average Bonchev–Trinajstić information content (AvgIpc) is 3.03. The Morgan fingerprint density at radius 3 is 1.70 bits per heavy atom. The molecule has 27 heavy (non-hydrogen) atoms. The van der Waals surface area contributed by atoms with Crippen molar-refractivity contribution in [3.63, 3.8) is 0 Å². The standard InChI is InChI=1S/C26H44O/c1-23(2,3)19-14-16-20(17-15-19)26(9,10)27-18-25(7,8)22-13-11-12-21(22)24(4,5)6/h14-17,21-22H,11-13,18H2,1-10H3. The highest BCUT2D eigenvalue weighted by atomic mass is 16.5. The molecule has 1 nitrogen and oxygen atoms in total. The Morgan fingerprint density at radius 1 is 0.741 bits per heavy atom. The van der Waals surface area contributed by atoms with Crippen molar-refractivity contribution < 1.29 is 4.74 Å². The third-order valence-corrected chi connectivity index (χ3v) is 6.88. The minimum absolute atomic E-state index is 0.190. The van der Waals surface area contributed by atoms with Gasteiger partial charge in [-0.1, -0.05) is 86.1 Å². The van der Waals surface area contributed by atoms with Gasteiger partial charge in [0.05, 0.1) is 12.2 Å². The van der Waals surface area contributed by atoms with Crippen LogP contribution in [0, 0.1) is 22.7 Å². The number of ether oxygens (including phenoxy) is 1. The zero-order chi connectivity index (χ0) is 20.7. The molecular formula is C26H44O. The minimum atomic E-state index is -0.260. The summed E-state index contributed by atoms with van der Waals surface area (Å²) in [6, 6.07) is 9.03. The van der Waals surface area contributed by atoms with Gasteiger partial charge in [0.2, 0.25) is 0 Å². The van der Waals surface area contributed by atoms with E-state index >= 15 is 0 Å². The van der Waals surface area contributed by atoms with Crippen LogP contribution in [0.5, 0.6) is 0 Å². The molecule has 1 saturated carbocycles. The van der Waals surface area contributed by atoms with Crippen molar-refractivity contribution in [2.24, 2.45) is 22.7 Å². The lowest BCUT2D eigenvalue weighted by molar-refractivity contribution is -0.0837. The molecule has 0 amide bonds. The van der Waals surface area contributed by atoms with Crippen LogP contribution in [0.15, 0.2) is 24.3 Å². The van der Waals surface area contributed by atoms with Crippen LogP contribution >= 0.6 is 0 Å². The smallest absolute Gasteiger partial charge is 0.0875 e. The molecule has 0 bridgehead atoms. The summed E-state index contributed by atoms with van der Waals surface area (Å²) in [5.41, 5.74) is 3.17.